The first-order valence-corrected chi connectivity index (χ1v) is 26.3. The van der Waals surface area contributed by atoms with Gasteiger partial charge in [0.2, 0.25) is 11.8 Å². The number of fused-ring (bicyclic) bond motifs is 7. The minimum Gasteiger partial charge on any atom is -0.481 e. The molecule has 6 aliphatic carbocycles. The Labute approximate surface area is 408 Å². The summed E-state index contributed by atoms with van der Waals surface area (Å²) in [7, 11) is 1.32. The number of rotatable bonds is 10. The van der Waals surface area contributed by atoms with Gasteiger partial charge in [-0.2, -0.15) is 0 Å². The van der Waals surface area contributed by atoms with Crippen molar-refractivity contribution in [1.29, 1.82) is 0 Å². The molecule has 0 spiro atoms. The summed E-state index contributed by atoms with van der Waals surface area (Å²) < 4.78 is 10.7. The Balaban J connectivity index is 0.000000498. The number of benzene rings is 1. The molecule has 11 heteroatoms. The van der Waals surface area contributed by atoms with Crippen LogP contribution in [0.4, 0.5) is 0 Å². The van der Waals surface area contributed by atoms with Crippen molar-refractivity contribution in [3.05, 3.63) is 48.0 Å². The summed E-state index contributed by atoms with van der Waals surface area (Å²) in [5, 5.41) is 13.3. The third kappa shape index (κ3) is 8.66. The molecule has 1 aliphatic heterocycles. The standard InChI is InChI=1S/C48H76N2O6.C9H11NO2/c1-29(2)30-17-22-48(40(53)49-35-27-33(43(35,5)6)39(52)50-25-13-12-14-26-50)24-23-46(10)32-15-16-34-44(7,8)36(56-37(51)28-42(3,4)41(54)55)19-20-45(34,9)31(32)18-21-47(46,11)38(30)48;1-12-9(11)8(10)7-5-3-2-4-6-7/h30-36,38H,1,12-28H2,2-11H3,(H,49,53)(H,54,55);2-6,8H,10H2,1H3/t30-,31-,32?,33+,34-,35?,36-,38?,45+,46-,47+,48-;/m0./s1. The van der Waals surface area contributed by atoms with Crippen LogP contribution < -0.4 is 11.1 Å². The third-order valence-electron chi connectivity index (χ3n) is 21.0. The van der Waals surface area contributed by atoms with Crippen LogP contribution in [0.5, 0.6) is 0 Å². The van der Waals surface area contributed by atoms with Gasteiger partial charge in [0.25, 0.3) is 0 Å². The molecule has 1 saturated heterocycles. The number of nitrogens with zero attached hydrogens (tertiary/aromatic N) is 1. The fourth-order valence-electron chi connectivity index (χ4n) is 16.5. The Morgan fingerprint density at radius 2 is 1.50 bits per heavy atom. The van der Waals surface area contributed by atoms with Gasteiger partial charge in [0.15, 0.2) is 0 Å². The predicted octanol–water partition coefficient (Wildman–Crippen LogP) is 10.5. The second kappa shape index (κ2) is 18.8. The van der Waals surface area contributed by atoms with Gasteiger partial charge in [0.1, 0.15) is 12.1 Å². The second-order valence-corrected chi connectivity index (χ2v) is 25.5. The largest absolute Gasteiger partial charge is 0.481 e. The molecule has 4 unspecified atom stereocenters. The van der Waals surface area contributed by atoms with Crippen LogP contribution in [0, 0.1) is 73.4 Å². The van der Waals surface area contributed by atoms with Gasteiger partial charge in [0.05, 0.1) is 24.4 Å². The number of esters is 2. The number of allylic oxidation sites excluding steroid dienone is 1. The molecule has 0 aromatic heterocycles. The van der Waals surface area contributed by atoms with E-state index in [0.29, 0.717) is 29.6 Å². The number of amides is 2. The maximum absolute atomic E-state index is 15.1. The van der Waals surface area contributed by atoms with E-state index in [4.69, 9.17) is 10.5 Å². The number of carbonyl (C=O) groups is 5. The monoisotopic (exact) mass is 942 g/mol. The SMILES string of the molecule is C=C(C)[C@@H]1CC[C@]2(C(=O)NC3C[C@H](C(=O)N4CCCCC4)C3(C)C)CC[C@@]3(C)C4CC[C@H]5C(C)(C)[C@@H](OC(=O)CC(C)(C)C(=O)O)CC[C@]5(C)[C@H]4CC[C@]3(C)C12.COC(=O)C(N)c1ccccc1. The number of carbonyl (C=O) groups excluding carboxylic acids is 4. The number of ether oxygens (including phenoxy) is 2. The van der Waals surface area contributed by atoms with Gasteiger partial charge >= 0.3 is 17.9 Å². The minimum atomic E-state index is -1.16. The number of methoxy groups -OCH3 is 1. The summed E-state index contributed by atoms with van der Waals surface area (Å²) in [6, 6.07) is 8.46. The zero-order valence-corrected chi connectivity index (χ0v) is 43.6. The molecule has 7 fully saturated rings. The van der Waals surface area contributed by atoms with Crippen LogP contribution in [0.3, 0.4) is 0 Å². The van der Waals surface area contributed by atoms with Crippen molar-refractivity contribution in [2.24, 2.45) is 79.1 Å². The average Bonchev–Trinajstić information content (AvgIpc) is 3.72. The van der Waals surface area contributed by atoms with Crippen LogP contribution in [0.25, 0.3) is 0 Å². The van der Waals surface area contributed by atoms with Crippen molar-refractivity contribution < 1.29 is 38.6 Å². The van der Waals surface area contributed by atoms with E-state index in [-0.39, 0.29) is 63.4 Å². The highest BCUT2D eigenvalue weighted by molar-refractivity contribution is 5.86. The summed E-state index contributed by atoms with van der Waals surface area (Å²) in [6.07, 6.45) is 14.1. The van der Waals surface area contributed by atoms with Crippen molar-refractivity contribution in [3.8, 4) is 0 Å². The third-order valence-corrected chi connectivity index (χ3v) is 21.0. The van der Waals surface area contributed by atoms with E-state index in [1.807, 2.05) is 18.2 Å². The molecule has 7 aliphatic rings. The summed E-state index contributed by atoms with van der Waals surface area (Å²) in [5.41, 5.74) is 5.73. The Morgan fingerprint density at radius 1 is 0.838 bits per heavy atom. The van der Waals surface area contributed by atoms with Gasteiger partial charge in [0, 0.05) is 30.5 Å². The zero-order chi connectivity index (χ0) is 50.0. The van der Waals surface area contributed by atoms with Gasteiger partial charge in [-0.25, -0.2) is 0 Å². The number of carboxylic acids is 1. The predicted molar refractivity (Wildman–Crippen MR) is 265 cm³/mol. The topological polar surface area (TPSA) is 165 Å². The zero-order valence-electron chi connectivity index (χ0n) is 43.6. The van der Waals surface area contributed by atoms with Crippen molar-refractivity contribution in [2.45, 2.75) is 184 Å². The van der Waals surface area contributed by atoms with Gasteiger partial charge in [-0.05, 0) is 167 Å². The Hall–Kier alpha value is -3.73. The maximum atomic E-state index is 15.1. The molecule has 378 valence electrons. The Kier molecular flexibility index (Phi) is 14.4. The van der Waals surface area contributed by atoms with Gasteiger partial charge in [-0.15, -0.1) is 0 Å². The molecule has 4 N–H and O–H groups in total. The van der Waals surface area contributed by atoms with E-state index >= 15 is 4.79 Å². The molecule has 6 saturated carbocycles. The molecule has 1 heterocycles. The van der Waals surface area contributed by atoms with E-state index in [1.54, 1.807) is 26.0 Å². The lowest BCUT2D eigenvalue weighted by Crippen LogP contribution is -2.69. The minimum absolute atomic E-state index is 0.00579. The van der Waals surface area contributed by atoms with Gasteiger partial charge < -0.3 is 30.5 Å². The van der Waals surface area contributed by atoms with Crippen molar-refractivity contribution in [2.75, 3.05) is 20.2 Å². The van der Waals surface area contributed by atoms with E-state index < -0.39 is 34.8 Å². The number of likely N-dealkylation sites (tertiary alicyclic amines) is 1. The Bertz CT molecular complexity index is 2090. The molecule has 1 aromatic rings. The van der Waals surface area contributed by atoms with Crippen LogP contribution in [0.15, 0.2) is 42.5 Å². The van der Waals surface area contributed by atoms with Crippen molar-refractivity contribution in [3.63, 3.8) is 0 Å². The number of nitrogens with one attached hydrogen (secondary N) is 1. The fraction of sp³-hybridized carbons (Fsp3) is 0.772. The molecule has 11 nitrogen and oxygen atoms in total. The van der Waals surface area contributed by atoms with Crippen molar-refractivity contribution in [1.82, 2.24) is 10.2 Å². The summed E-state index contributed by atoms with van der Waals surface area (Å²) in [6.45, 7) is 28.4. The highest BCUT2D eigenvalue weighted by Crippen LogP contribution is 2.78. The van der Waals surface area contributed by atoms with Gasteiger partial charge in [-0.1, -0.05) is 91.0 Å². The molecule has 68 heavy (non-hydrogen) atoms. The van der Waals surface area contributed by atoms with Crippen LogP contribution in [-0.2, 0) is 33.4 Å². The lowest BCUT2D eigenvalue weighted by atomic mass is 9.33. The Morgan fingerprint density at radius 3 is 2.10 bits per heavy atom. The number of carboxylic acid groups (broad SMARTS) is 1. The summed E-state index contributed by atoms with van der Waals surface area (Å²) >= 11 is 0. The molecule has 2 amide bonds. The lowest BCUT2D eigenvalue weighted by Gasteiger charge is -2.72. The molecule has 8 rings (SSSR count). The van der Waals surface area contributed by atoms with E-state index in [9.17, 15) is 24.3 Å². The molecular weight excluding hydrogens is 855 g/mol. The first-order chi connectivity index (χ1) is 31.7. The van der Waals surface area contributed by atoms with Crippen LogP contribution >= 0.6 is 0 Å². The van der Waals surface area contributed by atoms with Crippen LogP contribution in [-0.4, -0.2) is 72.1 Å². The van der Waals surface area contributed by atoms with Crippen LogP contribution in [0.1, 0.15) is 177 Å². The number of piperidine rings is 1. The smallest absolute Gasteiger partial charge is 0.327 e. The quantitative estimate of drug-likeness (QED) is 0.153. The molecule has 13 atom stereocenters. The first-order valence-electron chi connectivity index (χ1n) is 26.3. The highest BCUT2D eigenvalue weighted by atomic mass is 16.5. The average molecular weight is 942 g/mol. The summed E-state index contributed by atoms with van der Waals surface area (Å²) in [5.74, 6) is 0.814. The maximum Gasteiger partial charge on any atom is 0.327 e. The van der Waals surface area contributed by atoms with E-state index in [2.05, 4.69) is 76.9 Å². The van der Waals surface area contributed by atoms with Crippen molar-refractivity contribution >= 4 is 29.7 Å². The molecule has 0 bridgehead atoms. The first kappa shape index (κ1) is 52.1. The second-order valence-electron chi connectivity index (χ2n) is 25.5. The number of hydrogen-bond donors (Lipinski definition) is 3. The number of aliphatic carboxylic acids is 1. The highest BCUT2D eigenvalue weighted by Gasteiger charge is 2.73. The van der Waals surface area contributed by atoms with E-state index in [1.165, 1.54) is 19.1 Å². The molecular formula is C57H87N3O8. The number of nitrogens with two attached hydrogens (primary N) is 1. The van der Waals surface area contributed by atoms with Gasteiger partial charge in [-0.3, -0.25) is 24.0 Å². The van der Waals surface area contributed by atoms with E-state index in [0.717, 1.165) is 102 Å². The van der Waals surface area contributed by atoms with Crippen LogP contribution in [0.2, 0.25) is 0 Å². The lowest BCUT2D eigenvalue weighted by molar-refractivity contribution is -0.240. The number of hydrogen-bond acceptors (Lipinski definition) is 8. The summed E-state index contributed by atoms with van der Waals surface area (Å²) in [4.78, 5) is 66.6. The molecule has 1 aromatic carbocycles. The normalized spacial score (nSPS) is 38.2. The molecule has 0 radical (unpaired) electrons. The fourth-order valence-corrected chi connectivity index (χ4v) is 16.5.